The highest BCUT2D eigenvalue weighted by Gasteiger charge is 2.32. The molecule has 1 aliphatic rings. The number of hydrogen-bond donors (Lipinski definition) is 2. The van der Waals surface area contributed by atoms with Crippen molar-refractivity contribution in [3.05, 3.63) is 53.6 Å². The monoisotopic (exact) mass is 447 g/mol. The Morgan fingerprint density at radius 3 is 2.30 bits per heavy atom. The highest BCUT2D eigenvalue weighted by molar-refractivity contribution is 7.98. The van der Waals surface area contributed by atoms with Gasteiger partial charge < -0.3 is 11.1 Å². The molecule has 3 rings (SSSR count). The predicted octanol–water partition coefficient (Wildman–Crippen LogP) is 2.86. The average Bonchev–Trinajstić information content (AvgIpc) is 2.75. The van der Waals surface area contributed by atoms with E-state index in [2.05, 4.69) is 5.32 Å². The molecule has 2 aromatic rings. The summed E-state index contributed by atoms with van der Waals surface area (Å²) in [5, 5.41) is 2.86. The Bertz CT molecular complexity index is 1040. The highest BCUT2D eigenvalue weighted by Crippen LogP contribution is 2.27. The van der Waals surface area contributed by atoms with Crippen LogP contribution in [0.1, 0.15) is 28.8 Å². The Hall–Kier alpha value is -2.36. The molecule has 7 nitrogen and oxygen atoms in total. The third-order valence-corrected chi connectivity index (χ3v) is 8.04. The van der Waals surface area contributed by atoms with Crippen LogP contribution in [0.4, 0.5) is 5.69 Å². The summed E-state index contributed by atoms with van der Waals surface area (Å²) >= 11 is 1.55. The van der Waals surface area contributed by atoms with Crippen molar-refractivity contribution in [2.45, 2.75) is 29.6 Å². The lowest BCUT2D eigenvalue weighted by Gasteiger charge is -2.30. The van der Waals surface area contributed by atoms with Crippen LogP contribution in [0, 0.1) is 12.8 Å². The average molecular weight is 448 g/mol. The van der Waals surface area contributed by atoms with E-state index in [1.54, 1.807) is 61.2 Å². The van der Waals surface area contributed by atoms with Crippen LogP contribution in [-0.4, -0.2) is 43.9 Å². The van der Waals surface area contributed by atoms with Crippen molar-refractivity contribution in [1.29, 1.82) is 0 Å². The molecule has 3 N–H and O–H groups in total. The van der Waals surface area contributed by atoms with E-state index >= 15 is 0 Å². The number of primary amides is 1. The smallest absolute Gasteiger partial charge is 0.249 e. The van der Waals surface area contributed by atoms with Gasteiger partial charge in [0, 0.05) is 35.2 Å². The van der Waals surface area contributed by atoms with Crippen LogP contribution in [0.15, 0.2) is 52.3 Å². The van der Waals surface area contributed by atoms with E-state index < -0.39 is 15.9 Å². The van der Waals surface area contributed by atoms with E-state index in [0.29, 0.717) is 29.7 Å². The van der Waals surface area contributed by atoms with E-state index in [4.69, 9.17) is 5.73 Å². The van der Waals surface area contributed by atoms with Crippen LogP contribution in [0.25, 0.3) is 0 Å². The van der Waals surface area contributed by atoms with Gasteiger partial charge in [0.05, 0.1) is 4.90 Å². The van der Waals surface area contributed by atoms with Crippen molar-refractivity contribution in [2.24, 2.45) is 11.7 Å². The van der Waals surface area contributed by atoms with Gasteiger partial charge in [0.15, 0.2) is 0 Å². The minimum absolute atomic E-state index is 0.180. The number of nitrogens with one attached hydrogen (secondary N) is 1. The molecular weight excluding hydrogens is 422 g/mol. The van der Waals surface area contributed by atoms with Crippen LogP contribution in [-0.2, 0) is 14.8 Å². The van der Waals surface area contributed by atoms with E-state index in [1.807, 2.05) is 6.26 Å². The number of piperidine rings is 1. The van der Waals surface area contributed by atoms with Crippen LogP contribution in [0.2, 0.25) is 0 Å². The Morgan fingerprint density at radius 2 is 1.73 bits per heavy atom. The van der Waals surface area contributed by atoms with Gasteiger partial charge in [0.2, 0.25) is 21.8 Å². The van der Waals surface area contributed by atoms with Gasteiger partial charge >= 0.3 is 0 Å². The van der Waals surface area contributed by atoms with Gasteiger partial charge in [0.1, 0.15) is 0 Å². The fourth-order valence-electron chi connectivity index (χ4n) is 3.53. The predicted molar refractivity (Wildman–Crippen MR) is 118 cm³/mol. The molecule has 160 valence electrons. The van der Waals surface area contributed by atoms with Crippen molar-refractivity contribution in [2.75, 3.05) is 24.7 Å². The molecule has 30 heavy (non-hydrogen) atoms. The largest absolute Gasteiger partial charge is 0.366 e. The van der Waals surface area contributed by atoms with Gasteiger partial charge in [-0.3, -0.25) is 9.59 Å². The van der Waals surface area contributed by atoms with Gasteiger partial charge in [-0.25, -0.2) is 8.42 Å². The Labute approximate surface area is 181 Å². The van der Waals surface area contributed by atoms with Gasteiger partial charge in [-0.15, -0.1) is 11.8 Å². The number of thioether (sulfide) groups is 1. The number of anilines is 1. The van der Waals surface area contributed by atoms with Crippen LogP contribution < -0.4 is 11.1 Å². The first-order valence-electron chi connectivity index (χ1n) is 9.58. The Kier molecular flexibility index (Phi) is 6.84. The first kappa shape index (κ1) is 22.3. The number of amides is 2. The molecule has 0 unspecified atom stereocenters. The molecule has 9 heteroatoms. The highest BCUT2D eigenvalue weighted by atomic mass is 32.2. The SMILES string of the molecule is CSc1ccc(S(=O)(=O)N2CCC(C(=O)Nc3cccc(C(N)=O)c3C)CC2)cc1. The standard InChI is InChI=1S/C21H25N3O4S2/c1-14-18(20(22)25)4-3-5-19(14)23-21(26)15-10-12-24(13-11-15)30(27,28)17-8-6-16(29-2)7-9-17/h3-9,15H,10-13H2,1-2H3,(H2,22,25)(H,23,26). The normalized spacial score (nSPS) is 15.7. The summed E-state index contributed by atoms with van der Waals surface area (Å²) in [4.78, 5) is 25.5. The van der Waals surface area contributed by atoms with Crippen molar-refractivity contribution in [3.8, 4) is 0 Å². The van der Waals surface area contributed by atoms with Crippen LogP contribution >= 0.6 is 11.8 Å². The van der Waals surface area contributed by atoms with E-state index in [1.165, 1.54) is 4.31 Å². The number of benzene rings is 2. The second-order valence-electron chi connectivity index (χ2n) is 7.19. The Morgan fingerprint density at radius 1 is 1.10 bits per heavy atom. The maximum absolute atomic E-state index is 12.9. The molecule has 1 saturated heterocycles. The van der Waals surface area contributed by atoms with E-state index in [0.717, 1.165) is 4.90 Å². The van der Waals surface area contributed by atoms with Gasteiger partial charge in [0.25, 0.3) is 0 Å². The summed E-state index contributed by atoms with van der Waals surface area (Å²) in [5.74, 6) is -1.03. The molecule has 0 spiro atoms. The summed E-state index contributed by atoms with van der Waals surface area (Å²) in [5.41, 5.74) is 6.88. The van der Waals surface area contributed by atoms with Gasteiger partial charge in [-0.05, 0) is 68.0 Å². The fourth-order valence-corrected chi connectivity index (χ4v) is 5.41. The van der Waals surface area contributed by atoms with Crippen molar-refractivity contribution < 1.29 is 18.0 Å². The maximum atomic E-state index is 12.9. The molecule has 1 aliphatic heterocycles. The number of nitrogens with two attached hydrogens (primary N) is 1. The third kappa shape index (κ3) is 4.69. The summed E-state index contributed by atoms with van der Waals surface area (Å²) in [6.45, 7) is 2.29. The topological polar surface area (TPSA) is 110 Å². The number of carbonyl (C=O) groups excluding carboxylic acids is 2. The maximum Gasteiger partial charge on any atom is 0.249 e. The molecule has 2 amide bonds. The van der Waals surface area contributed by atoms with E-state index in [-0.39, 0.29) is 29.8 Å². The first-order chi connectivity index (χ1) is 14.2. The molecule has 1 fully saturated rings. The zero-order chi connectivity index (χ0) is 21.9. The molecular formula is C21H25N3O4S2. The molecule has 0 radical (unpaired) electrons. The van der Waals surface area contributed by atoms with Crippen molar-refractivity contribution >= 4 is 39.3 Å². The fraction of sp³-hybridized carbons (Fsp3) is 0.333. The van der Waals surface area contributed by atoms with E-state index in [9.17, 15) is 18.0 Å². The molecule has 1 heterocycles. The Balaban J connectivity index is 1.64. The molecule has 0 atom stereocenters. The lowest BCUT2D eigenvalue weighted by atomic mass is 9.96. The van der Waals surface area contributed by atoms with Gasteiger partial charge in [-0.2, -0.15) is 4.31 Å². The zero-order valence-corrected chi connectivity index (χ0v) is 18.6. The number of carbonyl (C=O) groups is 2. The van der Waals surface area contributed by atoms with Crippen LogP contribution in [0.5, 0.6) is 0 Å². The minimum Gasteiger partial charge on any atom is -0.366 e. The second-order valence-corrected chi connectivity index (χ2v) is 10.0. The molecule has 0 aliphatic carbocycles. The summed E-state index contributed by atoms with van der Waals surface area (Å²) in [7, 11) is -3.58. The second kappa shape index (κ2) is 9.20. The first-order valence-corrected chi connectivity index (χ1v) is 12.2. The minimum atomic E-state index is -3.58. The summed E-state index contributed by atoms with van der Waals surface area (Å²) < 4.78 is 27.2. The number of nitrogens with zero attached hydrogens (tertiary/aromatic N) is 1. The summed E-state index contributed by atoms with van der Waals surface area (Å²) in [6, 6.07) is 11.8. The van der Waals surface area contributed by atoms with Crippen molar-refractivity contribution in [1.82, 2.24) is 4.31 Å². The quantitative estimate of drug-likeness (QED) is 0.662. The number of hydrogen-bond acceptors (Lipinski definition) is 5. The van der Waals surface area contributed by atoms with Gasteiger partial charge in [-0.1, -0.05) is 6.07 Å². The molecule has 0 saturated carbocycles. The lowest BCUT2D eigenvalue weighted by Crippen LogP contribution is -2.41. The molecule has 2 aromatic carbocycles. The third-order valence-electron chi connectivity index (χ3n) is 5.38. The molecule has 0 aromatic heterocycles. The number of sulfonamides is 1. The zero-order valence-electron chi connectivity index (χ0n) is 16.9. The lowest BCUT2D eigenvalue weighted by molar-refractivity contribution is -0.120. The van der Waals surface area contributed by atoms with Crippen molar-refractivity contribution in [3.63, 3.8) is 0 Å². The molecule has 0 bridgehead atoms. The van der Waals surface area contributed by atoms with Crippen LogP contribution in [0.3, 0.4) is 0 Å². The number of rotatable bonds is 6. The summed E-state index contributed by atoms with van der Waals surface area (Å²) in [6.07, 6.45) is 2.80.